The number of ether oxygens (including phenoxy) is 2. The van der Waals surface area contributed by atoms with Crippen LogP contribution >= 0.6 is 0 Å². The first-order valence-corrected chi connectivity index (χ1v) is 12.8. The van der Waals surface area contributed by atoms with Crippen molar-refractivity contribution in [2.75, 3.05) is 13.2 Å². The zero-order valence-electron chi connectivity index (χ0n) is 21.9. The maximum absolute atomic E-state index is 14.6. The molecule has 0 unspecified atom stereocenters. The van der Waals surface area contributed by atoms with E-state index in [1.54, 1.807) is 22.9 Å². The highest BCUT2D eigenvalue weighted by Gasteiger charge is 2.34. The summed E-state index contributed by atoms with van der Waals surface area (Å²) >= 11 is 0. The summed E-state index contributed by atoms with van der Waals surface area (Å²) < 4.78 is 28.5. The SMILES string of the molecule is CC(C)c1nn(-c2ccccc2)c(Oc2ccccc2F)c1CN(C[C@@H](O)COC(C)(C)C)C1CC1. The maximum atomic E-state index is 14.6. The van der Waals surface area contributed by atoms with Crippen molar-refractivity contribution in [3.63, 3.8) is 0 Å². The van der Waals surface area contributed by atoms with Crippen LogP contribution in [0.4, 0.5) is 4.39 Å². The third-order valence-corrected chi connectivity index (χ3v) is 6.14. The lowest BCUT2D eigenvalue weighted by Crippen LogP contribution is -2.38. The number of hydrogen-bond acceptors (Lipinski definition) is 5. The molecule has 1 atom stereocenters. The van der Waals surface area contributed by atoms with Crippen LogP contribution in [0.15, 0.2) is 54.6 Å². The Kier molecular flexibility index (Phi) is 8.13. The Morgan fingerprint density at radius 3 is 2.36 bits per heavy atom. The lowest BCUT2D eigenvalue weighted by Gasteiger charge is -2.28. The first kappa shape index (κ1) is 26.3. The minimum absolute atomic E-state index is 0.128. The molecule has 0 amide bonds. The fourth-order valence-corrected chi connectivity index (χ4v) is 4.20. The van der Waals surface area contributed by atoms with Crippen molar-refractivity contribution in [2.24, 2.45) is 0 Å². The molecule has 1 aliphatic carbocycles. The van der Waals surface area contributed by atoms with Crippen molar-refractivity contribution in [1.82, 2.24) is 14.7 Å². The predicted molar refractivity (Wildman–Crippen MR) is 139 cm³/mol. The van der Waals surface area contributed by atoms with Crippen LogP contribution < -0.4 is 4.74 Å². The molecule has 0 saturated heterocycles. The van der Waals surface area contributed by atoms with Gasteiger partial charge in [0.05, 0.1) is 35.3 Å². The van der Waals surface area contributed by atoms with E-state index in [0.717, 1.165) is 29.8 Å². The predicted octanol–water partition coefficient (Wildman–Crippen LogP) is 6.07. The smallest absolute Gasteiger partial charge is 0.227 e. The Labute approximate surface area is 213 Å². The number of hydrogen-bond donors (Lipinski definition) is 1. The summed E-state index contributed by atoms with van der Waals surface area (Å²) in [4.78, 5) is 2.28. The number of nitrogens with zero attached hydrogens (tertiary/aromatic N) is 3. The topological polar surface area (TPSA) is 59.8 Å². The second-order valence-corrected chi connectivity index (χ2v) is 10.8. The summed E-state index contributed by atoms with van der Waals surface area (Å²) in [5.41, 5.74) is 2.34. The Morgan fingerprint density at radius 2 is 1.75 bits per heavy atom. The van der Waals surface area contributed by atoms with Crippen LogP contribution in [-0.2, 0) is 11.3 Å². The number of halogens is 1. The van der Waals surface area contributed by atoms with Gasteiger partial charge in [0.2, 0.25) is 5.88 Å². The Morgan fingerprint density at radius 1 is 1.08 bits per heavy atom. The summed E-state index contributed by atoms with van der Waals surface area (Å²) in [6.45, 7) is 11.4. The minimum Gasteiger partial charge on any atom is -0.435 e. The first-order valence-electron chi connectivity index (χ1n) is 12.8. The summed E-state index contributed by atoms with van der Waals surface area (Å²) in [6, 6.07) is 16.6. The van der Waals surface area contributed by atoms with E-state index in [1.165, 1.54) is 6.07 Å². The third kappa shape index (κ3) is 6.72. The van der Waals surface area contributed by atoms with Crippen LogP contribution in [0.1, 0.15) is 64.6 Å². The summed E-state index contributed by atoms with van der Waals surface area (Å²) in [5, 5.41) is 15.7. The van der Waals surface area contributed by atoms with Gasteiger partial charge in [0.25, 0.3) is 0 Å². The molecule has 1 heterocycles. The summed E-state index contributed by atoms with van der Waals surface area (Å²) in [6.07, 6.45) is 1.55. The van der Waals surface area contributed by atoms with Gasteiger partial charge in [-0.15, -0.1) is 0 Å². The molecule has 6 nitrogen and oxygen atoms in total. The molecule has 4 rings (SSSR count). The molecule has 1 aliphatic rings. The van der Waals surface area contributed by atoms with Crippen LogP contribution in [0.3, 0.4) is 0 Å². The van der Waals surface area contributed by atoms with Crippen LogP contribution in [0.25, 0.3) is 5.69 Å². The molecular weight excluding hydrogens is 457 g/mol. The molecule has 0 aliphatic heterocycles. The van der Waals surface area contributed by atoms with Crippen molar-refractivity contribution in [2.45, 2.75) is 77.7 Å². The molecular formula is C29H38FN3O3. The van der Waals surface area contributed by atoms with E-state index in [9.17, 15) is 9.50 Å². The number of aliphatic hydroxyl groups is 1. The number of benzene rings is 2. The van der Waals surface area contributed by atoms with Gasteiger partial charge in [-0.25, -0.2) is 9.07 Å². The van der Waals surface area contributed by atoms with Crippen molar-refractivity contribution in [3.8, 4) is 17.3 Å². The maximum Gasteiger partial charge on any atom is 0.227 e. The number of aliphatic hydroxyl groups excluding tert-OH is 1. The quantitative estimate of drug-likeness (QED) is 0.350. The highest BCUT2D eigenvalue weighted by atomic mass is 19.1. The molecule has 1 N–H and O–H groups in total. The molecule has 0 bridgehead atoms. The van der Waals surface area contributed by atoms with Gasteiger partial charge in [0, 0.05) is 19.1 Å². The molecule has 3 aromatic rings. The lowest BCUT2D eigenvalue weighted by molar-refractivity contribution is -0.0573. The van der Waals surface area contributed by atoms with E-state index in [-0.39, 0.29) is 23.9 Å². The summed E-state index contributed by atoms with van der Waals surface area (Å²) in [7, 11) is 0. The average molecular weight is 496 g/mol. The molecule has 1 saturated carbocycles. The highest BCUT2D eigenvalue weighted by Crippen LogP contribution is 2.38. The number of para-hydroxylation sites is 2. The molecule has 1 fully saturated rings. The molecule has 1 aromatic heterocycles. The zero-order valence-corrected chi connectivity index (χ0v) is 21.9. The van der Waals surface area contributed by atoms with Crippen molar-refractivity contribution < 1.29 is 19.0 Å². The van der Waals surface area contributed by atoms with Gasteiger partial charge >= 0.3 is 0 Å². The second kappa shape index (κ2) is 11.1. The van der Waals surface area contributed by atoms with E-state index in [2.05, 4.69) is 18.7 Å². The van der Waals surface area contributed by atoms with Crippen LogP contribution in [-0.4, -0.2) is 50.7 Å². The molecule has 0 radical (unpaired) electrons. The number of aromatic nitrogens is 2. The third-order valence-electron chi connectivity index (χ3n) is 6.14. The van der Waals surface area contributed by atoms with Gasteiger partial charge in [-0.05, 0) is 63.8 Å². The second-order valence-electron chi connectivity index (χ2n) is 10.8. The monoisotopic (exact) mass is 495 g/mol. The fraction of sp³-hybridized carbons (Fsp3) is 0.483. The Hall–Kier alpha value is -2.74. The van der Waals surface area contributed by atoms with Gasteiger partial charge in [-0.1, -0.05) is 44.2 Å². The van der Waals surface area contributed by atoms with Gasteiger partial charge in [0.15, 0.2) is 11.6 Å². The lowest BCUT2D eigenvalue weighted by atomic mass is 10.1. The zero-order chi connectivity index (χ0) is 25.9. The average Bonchev–Trinajstić information content (AvgIpc) is 3.62. The van der Waals surface area contributed by atoms with Crippen LogP contribution in [0.2, 0.25) is 0 Å². The van der Waals surface area contributed by atoms with Crippen molar-refractivity contribution >= 4 is 0 Å². The molecule has 0 spiro atoms. The van der Waals surface area contributed by atoms with Gasteiger partial charge in [-0.3, -0.25) is 4.90 Å². The molecule has 7 heteroatoms. The first-order chi connectivity index (χ1) is 17.1. The van der Waals surface area contributed by atoms with Gasteiger partial charge < -0.3 is 14.6 Å². The normalized spacial score (nSPS) is 15.0. The standard InChI is InChI=1S/C29H38FN3O3/c1-20(2)27-24(18-32(21-15-16-21)17-23(34)19-35-29(3,4)5)28(36-26-14-10-9-13-25(26)30)33(31-27)22-11-7-6-8-12-22/h6-14,20-21,23,34H,15-19H2,1-5H3/t23-/m1/s1. The van der Waals surface area contributed by atoms with E-state index in [4.69, 9.17) is 14.6 Å². The fourth-order valence-electron chi connectivity index (χ4n) is 4.20. The minimum atomic E-state index is -0.618. The van der Waals surface area contributed by atoms with Crippen molar-refractivity contribution in [3.05, 3.63) is 71.7 Å². The molecule has 2 aromatic carbocycles. The van der Waals surface area contributed by atoms with E-state index in [1.807, 2.05) is 51.1 Å². The van der Waals surface area contributed by atoms with E-state index in [0.29, 0.717) is 25.0 Å². The van der Waals surface area contributed by atoms with Crippen LogP contribution in [0.5, 0.6) is 11.6 Å². The Bertz CT molecular complexity index is 1140. The molecule has 194 valence electrons. The number of rotatable bonds is 11. The van der Waals surface area contributed by atoms with Gasteiger partial charge in [0.1, 0.15) is 0 Å². The molecule has 36 heavy (non-hydrogen) atoms. The van der Waals surface area contributed by atoms with Crippen LogP contribution in [0, 0.1) is 5.82 Å². The van der Waals surface area contributed by atoms with Crippen molar-refractivity contribution in [1.29, 1.82) is 0 Å². The largest absolute Gasteiger partial charge is 0.435 e. The summed E-state index contributed by atoms with van der Waals surface area (Å²) in [5.74, 6) is 0.357. The van der Waals surface area contributed by atoms with E-state index >= 15 is 0 Å². The Balaban J connectivity index is 1.70. The van der Waals surface area contributed by atoms with E-state index < -0.39 is 11.9 Å². The highest BCUT2D eigenvalue weighted by molar-refractivity contribution is 5.44. The van der Waals surface area contributed by atoms with Gasteiger partial charge in [-0.2, -0.15) is 5.10 Å².